The molecule has 4 nitrogen and oxygen atoms in total. The lowest BCUT2D eigenvalue weighted by Gasteiger charge is -2.41. The quantitative estimate of drug-likeness (QED) is 0.728. The fraction of sp³-hybridized carbons (Fsp3) is 0.520. The van der Waals surface area contributed by atoms with E-state index >= 15 is 0 Å². The first-order valence-corrected chi connectivity index (χ1v) is 12.0. The van der Waals surface area contributed by atoms with Crippen LogP contribution in [0.15, 0.2) is 41.8 Å². The molecule has 2 aliphatic rings. The van der Waals surface area contributed by atoms with Gasteiger partial charge in [-0.2, -0.15) is 0 Å². The summed E-state index contributed by atoms with van der Waals surface area (Å²) in [4.78, 5) is 29.4. The number of carbonyl (C=O) groups excluding carboxylic acids is 2. The van der Waals surface area contributed by atoms with Crippen LogP contribution in [-0.2, 0) is 16.0 Å². The molecule has 4 rings (SSSR count). The molecule has 2 amide bonds. The van der Waals surface area contributed by atoms with E-state index in [1.54, 1.807) is 11.3 Å². The van der Waals surface area contributed by atoms with Gasteiger partial charge in [-0.15, -0.1) is 11.3 Å². The molecule has 1 aliphatic heterocycles. The van der Waals surface area contributed by atoms with E-state index in [1.165, 1.54) is 16.0 Å². The topological polar surface area (TPSA) is 49.4 Å². The first kappa shape index (κ1) is 21.1. The lowest BCUT2D eigenvalue weighted by Crippen LogP contribution is -2.52. The predicted molar refractivity (Wildman–Crippen MR) is 122 cm³/mol. The Morgan fingerprint density at radius 1 is 1.17 bits per heavy atom. The van der Waals surface area contributed by atoms with Crippen molar-refractivity contribution < 1.29 is 9.59 Å². The average Bonchev–Trinajstić information content (AvgIpc) is 3.22. The van der Waals surface area contributed by atoms with E-state index in [4.69, 9.17) is 0 Å². The maximum absolute atomic E-state index is 13.4. The molecule has 0 unspecified atom stereocenters. The van der Waals surface area contributed by atoms with Gasteiger partial charge in [0.05, 0.1) is 5.41 Å². The van der Waals surface area contributed by atoms with Crippen molar-refractivity contribution in [1.82, 2.24) is 10.2 Å². The van der Waals surface area contributed by atoms with Crippen molar-refractivity contribution in [3.63, 3.8) is 0 Å². The van der Waals surface area contributed by atoms with E-state index in [9.17, 15) is 9.59 Å². The van der Waals surface area contributed by atoms with E-state index < -0.39 is 5.41 Å². The first-order chi connectivity index (χ1) is 14.4. The van der Waals surface area contributed by atoms with Gasteiger partial charge in [0.25, 0.3) is 0 Å². The van der Waals surface area contributed by atoms with Gasteiger partial charge >= 0.3 is 0 Å². The van der Waals surface area contributed by atoms with Crippen molar-refractivity contribution in [2.45, 2.75) is 52.5 Å². The smallest absolute Gasteiger partial charge is 0.226 e. The van der Waals surface area contributed by atoms with Gasteiger partial charge in [-0.05, 0) is 68.0 Å². The third kappa shape index (κ3) is 4.31. The molecule has 0 radical (unpaired) electrons. The Morgan fingerprint density at radius 3 is 2.47 bits per heavy atom. The fourth-order valence-corrected chi connectivity index (χ4v) is 5.45. The number of hydrogen-bond donors (Lipinski definition) is 1. The van der Waals surface area contributed by atoms with Crippen molar-refractivity contribution >= 4 is 23.2 Å². The maximum atomic E-state index is 13.4. The third-order valence-corrected chi connectivity index (χ3v) is 7.60. The number of nitrogens with zero attached hydrogens (tertiary/aromatic N) is 1. The zero-order valence-electron chi connectivity index (χ0n) is 18.2. The summed E-state index contributed by atoms with van der Waals surface area (Å²) in [5, 5.41) is 5.27. The Balaban J connectivity index is 1.57. The van der Waals surface area contributed by atoms with Crippen molar-refractivity contribution in [3.05, 3.63) is 47.3 Å². The second kappa shape index (κ2) is 8.54. The number of nitrogens with one attached hydrogen (secondary N) is 1. The van der Waals surface area contributed by atoms with Crippen LogP contribution in [0, 0.1) is 17.3 Å². The highest BCUT2D eigenvalue weighted by Gasteiger charge is 2.46. The summed E-state index contributed by atoms with van der Waals surface area (Å²) in [6.45, 7) is 7.52. The van der Waals surface area contributed by atoms with Crippen molar-refractivity contribution in [2.75, 3.05) is 13.1 Å². The van der Waals surface area contributed by atoms with Crippen molar-refractivity contribution in [2.24, 2.45) is 17.3 Å². The molecule has 1 aromatic heterocycles. The Bertz CT molecular complexity index is 898. The standard InChI is InChI=1S/C25H32N2O2S/c1-17(2)26-24(29)25(10-12-27(13-11-25)23(28)21-15-18(21)3)16-19-7-4-5-8-20(19)22-9-6-14-30-22/h4-9,14,17-18,21H,10-13,15-16H2,1-3H3,(H,26,29)/t18-,21-/m0/s1. The first-order valence-electron chi connectivity index (χ1n) is 11.1. The van der Waals surface area contributed by atoms with Crippen LogP contribution >= 0.6 is 11.3 Å². The minimum atomic E-state index is -0.469. The third-order valence-electron chi connectivity index (χ3n) is 6.69. The second-order valence-corrected chi connectivity index (χ2v) is 10.3. The SMILES string of the molecule is CC(C)NC(=O)C1(Cc2ccccc2-c2cccs2)CCN(C(=O)[C@H]2C[C@@H]2C)CC1. The Labute approximate surface area is 183 Å². The summed E-state index contributed by atoms with van der Waals surface area (Å²) < 4.78 is 0. The van der Waals surface area contributed by atoms with E-state index in [0.717, 1.165) is 19.3 Å². The van der Waals surface area contributed by atoms with Gasteiger partial charge in [-0.3, -0.25) is 9.59 Å². The lowest BCUT2D eigenvalue weighted by molar-refractivity contribution is -0.141. The fourth-order valence-electron chi connectivity index (χ4n) is 4.67. The molecular weight excluding hydrogens is 392 g/mol. The average molecular weight is 425 g/mol. The van der Waals surface area contributed by atoms with E-state index in [2.05, 4.69) is 54.0 Å². The molecule has 5 heteroatoms. The molecule has 1 aliphatic carbocycles. The Kier molecular flexibility index (Phi) is 6.01. The molecule has 2 heterocycles. The molecule has 30 heavy (non-hydrogen) atoms. The number of piperidine rings is 1. The molecule has 0 spiro atoms. The number of rotatable bonds is 6. The molecule has 0 bridgehead atoms. The zero-order valence-corrected chi connectivity index (χ0v) is 19.0. The van der Waals surface area contributed by atoms with Crippen LogP contribution in [0.3, 0.4) is 0 Å². The summed E-state index contributed by atoms with van der Waals surface area (Å²) in [5.41, 5.74) is 1.97. The van der Waals surface area contributed by atoms with E-state index in [0.29, 0.717) is 31.3 Å². The number of amides is 2. The normalized spacial score (nSPS) is 22.7. The molecule has 2 fully saturated rings. The summed E-state index contributed by atoms with van der Waals surface area (Å²) >= 11 is 1.73. The highest BCUT2D eigenvalue weighted by Crippen LogP contribution is 2.43. The monoisotopic (exact) mass is 424 g/mol. The predicted octanol–water partition coefficient (Wildman–Crippen LogP) is 4.75. The minimum Gasteiger partial charge on any atom is -0.353 e. The van der Waals surface area contributed by atoms with Crippen LogP contribution in [0.25, 0.3) is 10.4 Å². The summed E-state index contributed by atoms with van der Waals surface area (Å²) in [6.07, 6.45) is 3.17. The molecule has 1 saturated carbocycles. The van der Waals surface area contributed by atoms with Gasteiger partial charge in [0.15, 0.2) is 0 Å². The van der Waals surface area contributed by atoms with Crippen LogP contribution in [0.2, 0.25) is 0 Å². The zero-order chi connectivity index (χ0) is 21.3. The van der Waals surface area contributed by atoms with Crippen molar-refractivity contribution in [3.8, 4) is 10.4 Å². The number of benzene rings is 1. The summed E-state index contributed by atoms with van der Waals surface area (Å²) in [6, 6.07) is 12.8. The molecular formula is C25H32N2O2S. The molecule has 160 valence electrons. The molecule has 2 aromatic rings. The maximum Gasteiger partial charge on any atom is 0.226 e. The van der Waals surface area contributed by atoms with Gasteiger partial charge in [-0.25, -0.2) is 0 Å². The number of likely N-dealkylation sites (tertiary alicyclic amines) is 1. The lowest BCUT2D eigenvalue weighted by atomic mass is 9.72. The van der Waals surface area contributed by atoms with Crippen LogP contribution in [-0.4, -0.2) is 35.8 Å². The molecule has 1 aromatic carbocycles. The number of hydrogen-bond acceptors (Lipinski definition) is 3. The van der Waals surface area contributed by atoms with Gasteiger partial charge < -0.3 is 10.2 Å². The van der Waals surface area contributed by atoms with E-state index in [-0.39, 0.29) is 17.9 Å². The van der Waals surface area contributed by atoms with Crippen molar-refractivity contribution in [1.29, 1.82) is 0 Å². The molecule has 1 saturated heterocycles. The van der Waals surface area contributed by atoms with Gasteiger partial charge in [-0.1, -0.05) is 37.3 Å². The largest absolute Gasteiger partial charge is 0.353 e. The number of thiophene rings is 1. The van der Waals surface area contributed by atoms with Gasteiger partial charge in [0.2, 0.25) is 11.8 Å². The van der Waals surface area contributed by atoms with Crippen LogP contribution in [0.1, 0.15) is 45.6 Å². The van der Waals surface area contributed by atoms with E-state index in [1.807, 2.05) is 18.7 Å². The summed E-state index contributed by atoms with van der Waals surface area (Å²) in [7, 11) is 0. The van der Waals surface area contributed by atoms with Crippen LogP contribution < -0.4 is 5.32 Å². The van der Waals surface area contributed by atoms with Gasteiger partial charge in [0, 0.05) is 29.9 Å². The molecule has 1 N–H and O–H groups in total. The minimum absolute atomic E-state index is 0.105. The molecule has 2 atom stereocenters. The Morgan fingerprint density at radius 2 is 1.87 bits per heavy atom. The second-order valence-electron chi connectivity index (χ2n) is 9.36. The van der Waals surface area contributed by atoms with Gasteiger partial charge in [0.1, 0.15) is 0 Å². The summed E-state index contributed by atoms with van der Waals surface area (Å²) in [5.74, 6) is 1.15. The van der Waals surface area contributed by atoms with Crippen LogP contribution in [0.5, 0.6) is 0 Å². The highest BCUT2D eigenvalue weighted by molar-refractivity contribution is 7.13. The Hall–Kier alpha value is -2.14. The highest BCUT2D eigenvalue weighted by atomic mass is 32.1. The van der Waals surface area contributed by atoms with Crippen LogP contribution in [0.4, 0.5) is 0 Å². The number of carbonyl (C=O) groups is 2.